The normalized spacial score (nSPS) is 10.6. The molecule has 0 radical (unpaired) electrons. The number of hydrogen-bond acceptors (Lipinski definition) is 6. The molecule has 0 bridgehead atoms. The van der Waals surface area contributed by atoms with Gasteiger partial charge in [0.25, 0.3) is 0 Å². The Morgan fingerprint density at radius 2 is 0.568 bits per heavy atom. The van der Waals surface area contributed by atoms with Crippen molar-refractivity contribution in [1.82, 2.24) is 15.0 Å². The third-order valence-corrected chi connectivity index (χ3v) is 9.49. The minimum Gasteiger partial charge on any atom is -0.322 e. The van der Waals surface area contributed by atoms with Gasteiger partial charge in [-0.3, -0.25) is 0 Å². The zero-order valence-electron chi connectivity index (χ0n) is 17.6. The van der Waals surface area contributed by atoms with E-state index in [1.54, 1.807) is 0 Å². The molecule has 3 N–H and O–H groups in total. The molecule has 6 nitrogen and oxygen atoms in total. The minimum absolute atomic E-state index is 0. The van der Waals surface area contributed by atoms with E-state index in [0.717, 1.165) is 57.3 Å². The molecule has 0 unspecified atom stereocenters. The highest BCUT2D eigenvalue weighted by Crippen LogP contribution is 2.39. The molecule has 0 fully saturated rings. The average molecular weight is 1100 g/mol. The van der Waals surface area contributed by atoms with Gasteiger partial charge in [0.15, 0.2) is 0 Å². The predicted molar refractivity (Wildman–Crippen MR) is 186 cm³/mol. The van der Waals surface area contributed by atoms with E-state index in [2.05, 4.69) is 174 Å². The summed E-state index contributed by atoms with van der Waals surface area (Å²) < 4.78 is 7.70. The van der Waals surface area contributed by atoms with E-state index in [9.17, 15) is 0 Å². The van der Waals surface area contributed by atoms with Crippen LogP contribution in [0.5, 0.6) is 0 Å². The lowest BCUT2D eigenvalue weighted by Gasteiger charge is -2.16. The highest BCUT2D eigenvalue weighted by atomic mass is 79.9. The van der Waals surface area contributed by atoms with Gasteiger partial charge < -0.3 is 16.0 Å². The fourth-order valence-electron chi connectivity index (χ4n) is 2.86. The van der Waals surface area contributed by atoms with E-state index in [1.165, 1.54) is 0 Å². The first-order valence-corrected chi connectivity index (χ1v) is 16.6. The average Bonchev–Trinajstić information content (AvgIpc) is 2.76. The molecular weight excluding hydrogens is 1090 g/mol. The molecule has 0 aliphatic heterocycles. The Labute approximate surface area is 294 Å². The Morgan fingerprint density at radius 1 is 0.378 bits per heavy atom. The smallest absolute Gasteiger partial charge is 0.233 e. The van der Waals surface area contributed by atoms with Crippen LogP contribution in [0.15, 0.2) is 76.7 Å². The standard InChI is InChI=1S/C21H9Br9N6.ClH/c22-7-1-10(25)16(11(26)2-7)31-19-34-20(32-17-12(27)3-8(23)4-13(17)28)36-21(35-19)33-18-14(29)5-9(24)6-15(18)30;/h1-6H,(H3,31,32,33,34,35,36);1H. The second-order valence-electron chi connectivity index (χ2n) is 6.91. The van der Waals surface area contributed by atoms with Crippen molar-refractivity contribution in [1.29, 1.82) is 0 Å². The van der Waals surface area contributed by atoms with Crippen LogP contribution in [0.25, 0.3) is 0 Å². The summed E-state index contributed by atoms with van der Waals surface area (Å²) in [5.41, 5.74) is 2.29. The van der Waals surface area contributed by atoms with Crippen LogP contribution in [0.4, 0.5) is 34.9 Å². The first-order valence-electron chi connectivity index (χ1n) is 9.51. The van der Waals surface area contributed by atoms with Crippen molar-refractivity contribution in [3.8, 4) is 0 Å². The highest BCUT2D eigenvalue weighted by molar-refractivity contribution is 9.12. The van der Waals surface area contributed by atoms with Crippen molar-refractivity contribution in [3.63, 3.8) is 0 Å². The van der Waals surface area contributed by atoms with Gasteiger partial charge in [0, 0.05) is 40.3 Å². The maximum Gasteiger partial charge on any atom is 0.233 e. The summed E-state index contributed by atoms with van der Waals surface area (Å²) >= 11 is 32.0. The molecule has 0 saturated heterocycles. The van der Waals surface area contributed by atoms with Crippen LogP contribution in [0.1, 0.15) is 0 Å². The molecule has 1 aromatic heterocycles. The van der Waals surface area contributed by atoms with Crippen molar-refractivity contribution in [2.24, 2.45) is 0 Å². The van der Waals surface area contributed by atoms with Gasteiger partial charge in [-0.15, -0.1) is 12.4 Å². The lowest BCUT2D eigenvalue weighted by Crippen LogP contribution is -2.08. The van der Waals surface area contributed by atoms with E-state index in [-0.39, 0.29) is 12.4 Å². The molecule has 194 valence electrons. The molecule has 0 saturated carbocycles. The van der Waals surface area contributed by atoms with Crippen LogP contribution in [0.2, 0.25) is 0 Å². The van der Waals surface area contributed by atoms with Crippen molar-refractivity contribution in [3.05, 3.63) is 76.7 Å². The summed E-state index contributed by atoms with van der Waals surface area (Å²) in [7, 11) is 0. The molecule has 16 heteroatoms. The number of benzene rings is 3. The monoisotopic (exact) mass is 1090 g/mol. The fourth-order valence-corrected chi connectivity index (χ4v) is 10.2. The van der Waals surface area contributed by atoms with Crippen LogP contribution < -0.4 is 16.0 Å². The SMILES string of the molecule is Brc1cc(Br)c(Nc2nc(Nc3c(Br)cc(Br)cc3Br)nc(Nc3c(Br)cc(Br)cc3Br)n2)c(Br)c1.Cl. The van der Waals surface area contributed by atoms with E-state index in [0.29, 0.717) is 17.8 Å². The van der Waals surface area contributed by atoms with Gasteiger partial charge in [0.2, 0.25) is 17.8 Å². The van der Waals surface area contributed by atoms with Crippen molar-refractivity contribution in [2.45, 2.75) is 0 Å². The number of nitrogens with zero attached hydrogens (tertiary/aromatic N) is 3. The van der Waals surface area contributed by atoms with E-state index < -0.39 is 0 Å². The van der Waals surface area contributed by atoms with Gasteiger partial charge in [-0.1, -0.05) is 47.8 Å². The number of hydrogen-bond donors (Lipinski definition) is 3. The van der Waals surface area contributed by atoms with Crippen LogP contribution in [-0.4, -0.2) is 15.0 Å². The van der Waals surface area contributed by atoms with Gasteiger partial charge in [0.1, 0.15) is 0 Å². The molecule has 0 atom stereocenters. The second kappa shape index (κ2) is 14.0. The van der Waals surface area contributed by atoms with Crippen LogP contribution in [0.3, 0.4) is 0 Å². The molecule has 0 aliphatic rings. The van der Waals surface area contributed by atoms with Crippen LogP contribution >= 0.6 is 156 Å². The van der Waals surface area contributed by atoms with Gasteiger partial charge in [-0.25, -0.2) is 0 Å². The lowest BCUT2D eigenvalue weighted by atomic mass is 10.3. The molecule has 0 spiro atoms. The van der Waals surface area contributed by atoms with Crippen LogP contribution in [-0.2, 0) is 0 Å². The maximum absolute atomic E-state index is 4.61. The van der Waals surface area contributed by atoms with Crippen molar-refractivity contribution in [2.75, 3.05) is 16.0 Å². The maximum atomic E-state index is 4.61. The van der Waals surface area contributed by atoms with Gasteiger partial charge in [0.05, 0.1) is 17.1 Å². The number of rotatable bonds is 6. The summed E-state index contributed by atoms with van der Waals surface area (Å²) in [5.74, 6) is 0.979. The van der Waals surface area contributed by atoms with Gasteiger partial charge >= 0.3 is 0 Å². The van der Waals surface area contributed by atoms with E-state index in [4.69, 9.17) is 0 Å². The van der Waals surface area contributed by atoms with Crippen molar-refractivity contribution < 1.29 is 0 Å². The Bertz CT molecular complexity index is 1230. The number of nitrogens with one attached hydrogen (secondary N) is 3. The first-order chi connectivity index (χ1) is 17.0. The predicted octanol–water partition coefficient (Wildman–Crippen LogP) is 12.4. The van der Waals surface area contributed by atoms with Gasteiger partial charge in [-0.05, 0) is 132 Å². The molecule has 3 aromatic carbocycles. The van der Waals surface area contributed by atoms with E-state index >= 15 is 0 Å². The summed E-state index contributed by atoms with van der Waals surface area (Å²) in [4.78, 5) is 13.8. The topological polar surface area (TPSA) is 74.8 Å². The van der Waals surface area contributed by atoms with Gasteiger partial charge in [-0.2, -0.15) is 15.0 Å². The van der Waals surface area contributed by atoms with Crippen molar-refractivity contribution >= 4 is 191 Å². The Kier molecular flexibility index (Phi) is 12.2. The summed E-state index contributed by atoms with van der Waals surface area (Å²) in [6.07, 6.45) is 0. The molecule has 4 rings (SSSR count). The first kappa shape index (κ1) is 32.2. The fraction of sp³-hybridized carbons (Fsp3) is 0. The quantitative estimate of drug-likeness (QED) is 0.179. The zero-order valence-corrected chi connectivity index (χ0v) is 32.7. The molecule has 0 amide bonds. The highest BCUT2D eigenvalue weighted by Gasteiger charge is 2.16. The summed E-state index contributed by atoms with van der Waals surface area (Å²) in [6.45, 7) is 0. The molecule has 37 heavy (non-hydrogen) atoms. The largest absolute Gasteiger partial charge is 0.322 e. The summed E-state index contributed by atoms with van der Waals surface area (Å²) in [6, 6.07) is 11.6. The number of halogens is 10. The molecule has 4 aromatic rings. The summed E-state index contributed by atoms with van der Waals surface area (Å²) in [5, 5.41) is 9.83. The number of anilines is 6. The zero-order chi connectivity index (χ0) is 26.1. The van der Waals surface area contributed by atoms with E-state index in [1.807, 2.05) is 36.4 Å². The number of aromatic nitrogens is 3. The molecular formula is C21H10Br9ClN6. The third-order valence-electron chi connectivity index (χ3n) is 4.37. The second-order valence-corrected chi connectivity index (χ2v) is 14.8. The Balaban J connectivity index is 0.00000380. The molecule has 1 heterocycles. The lowest BCUT2D eigenvalue weighted by molar-refractivity contribution is 1.06. The Hall–Kier alpha value is 0.680. The third kappa shape index (κ3) is 8.35. The van der Waals surface area contributed by atoms with Crippen LogP contribution in [0, 0.1) is 0 Å². The molecule has 0 aliphatic carbocycles. The minimum atomic E-state index is 0. The Morgan fingerprint density at radius 3 is 0.757 bits per heavy atom.